The van der Waals surface area contributed by atoms with E-state index in [1.165, 1.54) is 30.6 Å². The van der Waals surface area contributed by atoms with E-state index in [0.717, 1.165) is 40.8 Å². The molecule has 4 aliphatic rings. The SMILES string of the molecule is CC(C)(C)NS(=O)(=O)c1ccc(-c2sc(C(=O)NC34CC(C(O)O)(C3)C4)nc2CC2CCCCC2)c2ccccc12. The van der Waals surface area contributed by atoms with Gasteiger partial charge in [0.2, 0.25) is 10.0 Å². The zero-order valence-corrected chi connectivity index (χ0v) is 25.5. The van der Waals surface area contributed by atoms with Crippen LogP contribution in [0.5, 0.6) is 0 Å². The van der Waals surface area contributed by atoms with Crippen LogP contribution in [0.25, 0.3) is 21.2 Å². The second kappa shape index (κ2) is 10.1. The molecule has 2 bridgehead atoms. The van der Waals surface area contributed by atoms with Crippen LogP contribution in [0.3, 0.4) is 0 Å². The minimum absolute atomic E-state index is 0.228. The third-order valence-corrected chi connectivity index (χ3v) is 11.9. The van der Waals surface area contributed by atoms with Gasteiger partial charge in [0.15, 0.2) is 11.3 Å². The number of amides is 1. The molecule has 1 amide bonds. The first-order valence-electron chi connectivity index (χ1n) is 14.5. The molecule has 0 atom stereocenters. The highest BCUT2D eigenvalue weighted by atomic mass is 32.2. The van der Waals surface area contributed by atoms with Crippen molar-refractivity contribution >= 4 is 38.0 Å². The number of sulfonamides is 1. The molecule has 8 nitrogen and oxygen atoms in total. The van der Waals surface area contributed by atoms with E-state index in [-0.39, 0.29) is 16.3 Å². The third-order valence-electron chi connectivity index (χ3n) is 8.95. The molecule has 3 aromatic rings. The van der Waals surface area contributed by atoms with Crippen molar-refractivity contribution in [3.8, 4) is 10.4 Å². The molecule has 4 N–H and O–H groups in total. The number of aliphatic hydroxyl groups is 2. The van der Waals surface area contributed by atoms with E-state index in [0.29, 0.717) is 35.6 Å². The fourth-order valence-corrected chi connectivity index (χ4v) is 9.85. The number of carbonyl (C=O) groups is 1. The molecule has 4 aliphatic carbocycles. The summed E-state index contributed by atoms with van der Waals surface area (Å²) in [5.41, 5.74) is 0.294. The van der Waals surface area contributed by atoms with Crippen molar-refractivity contribution in [2.75, 3.05) is 0 Å². The molecule has 41 heavy (non-hydrogen) atoms. The van der Waals surface area contributed by atoms with E-state index in [1.54, 1.807) is 6.07 Å². The number of nitrogens with one attached hydrogen (secondary N) is 2. The summed E-state index contributed by atoms with van der Waals surface area (Å²) in [7, 11) is -3.77. The van der Waals surface area contributed by atoms with E-state index < -0.39 is 27.3 Å². The molecule has 220 valence electrons. The summed E-state index contributed by atoms with van der Waals surface area (Å²) >= 11 is 1.36. The van der Waals surface area contributed by atoms with Crippen LogP contribution in [0.4, 0.5) is 0 Å². The summed E-state index contributed by atoms with van der Waals surface area (Å²) in [5.74, 6) is 0.274. The monoisotopic (exact) mass is 597 g/mol. The molecule has 1 aromatic heterocycles. The van der Waals surface area contributed by atoms with E-state index in [9.17, 15) is 23.4 Å². The van der Waals surface area contributed by atoms with Gasteiger partial charge in [-0.2, -0.15) is 0 Å². The predicted octanol–water partition coefficient (Wildman–Crippen LogP) is 5.13. The van der Waals surface area contributed by atoms with E-state index in [1.807, 2.05) is 51.1 Å². The molecule has 0 saturated heterocycles. The van der Waals surface area contributed by atoms with Gasteiger partial charge in [0.05, 0.1) is 15.5 Å². The van der Waals surface area contributed by atoms with E-state index in [4.69, 9.17) is 4.98 Å². The first-order valence-corrected chi connectivity index (χ1v) is 16.8. The van der Waals surface area contributed by atoms with Gasteiger partial charge >= 0.3 is 0 Å². The van der Waals surface area contributed by atoms with Crippen molar-refractivity contribution in [1.29, 1.82) is 0 Å². The molecule has 0 unspecified atom stereocenters. The normalized spacial score (nSPS) is 24.7. The first kappa shape index (κ1) is 28.7. The lowest BCUT2D eigenvalue weighted by molar-refractivity contribution is -0.275. The lowest BCUT2D eigenvalue weighted by Crippen LogP contribution is -2.77. The number of aliphatic hydroxyl groups excluding tert-OH is 1. The van der Waals surface area contributed by atoms with Gasteiger partial charge in [-0.25, -0.2) is 18.1 Å². The molecular formula is C31H39N3O5S2. The van der Waals surface area contributed by atoms with Gasteiger partial charge in [-0.1, -0.05) is 62.4 Å². The fraction of sp³-hybridized carbons (Fsp3) is 0.548. The maximum absolute atomic E-state index is 13.4. The van der Waals surface area contributed by atoms with Crippen molar-refractivity contribution in [2.45, 2.75) is 101 Å². The second-order valence-corrected chi connectivity index (χ2v) is 16.2. The van der Waals surface area contributed by atoms with Crippen LogP contribution in [0, 0.1) is 11.3 Å². The standard InChI is InChI=1S/C31H39N3O5S2/c1-29(2,3)34-41(38,39)24-14-13-22(20-11-7-8-12-21(20)24)25-23(15-19-9-5-4-6-10-19)32-27(40-25)26(35)33-31-16-30(17-31,18-31)28(36)37/h7-8,11-14,19,28,34,36-37H,4-6,9-10,15-18H2,1-3H3,(H,33,35). The molecule has 10 heteroatoms. The Morgan fingerprint density at radius 3 is 2.34 bits per heavy atom. The summed E-state index contributed by atoms with van der Waals surface area (Å²) in [6.07, 6.45) is 7.08. The van der Waals surface area contributed by atoms with Crippen LogP contribution in [-0.2, 0) is 16.4 Å². The molecule has 0 aliphatic heterocycles. The Balaban J connectivity index is 1.38. The lowest BCUT2D eigenvalue weighted by Gasteiger charge is -2.70. The summed E-state index contributed by atoms with van der Waals surface area (Å²) in [6.45, 7) is 5.46. The Morgan fingerprint density at radius 2 is 1.71 bits per heavy atom. The van der Waals surface area contributed by atoms with E-state index >= 15 is 0 Å². The summed E-state index contributed by atoms with van der Waals surface area (Å²) in [5, 5.41) is 24.3. The largest absolute Gasteiger partial charge is 0.368 e. The first-order chi connectivity index (χ1) is 19.3. The molecule has 0 spiro atoms. The van der Waals surface area contributed by atoms with Crippen LogP contribution in [-0.4, -0.2) is 46.9 Å². The summed E-state index contributed by atoms with van der Waals surface area (Å²) in [4.78, 5) is 19.5. The van der Waals surface area contributed by atoms with Gasteiger partial charge in [0.1, 0.15) is 0 Å². The number of thiazole rings is 1. The Bertz CT molecular complexity index is 1580. The minimum atomic E-state index is -3.77. The van der Waals surface area contributed by atoms with Crippen LogP contribution in [0.15, 0.2) is 41.3 Å². The minimum Gasteiger partial charge on any atom is -0.368 e. The highest BCUT2D eigenvalue weighted by Gasteiger charge is 2.71. The molecule has 1 heterocycles. The number of hydrogen-bond acceptors (Lipinski definition) is 7. The zero-order valence-electron chi connectivity index (χ0n) is 23.9. The average molecular weight is 598 g/mol. The number of benzene rings is 2. The Morgan fingerprint density at radius 1 is 1.05 bits per heavy atom. The molecule has 2 aromatic carbocycles. The topological polar surface area (TPSA) is 129 Å². The maximum atomic E-state index is 13.4. The lowest BCUT2D eigenvalue weighted by atomic mass is 9.39. The van der Waals surface area contributed by atoms with Gasteiger partial charge in [-0.3, -0.25) is 4.79 Å². The van der Waals surface area contributed by atoms with Gasteiger partial charge in [-0.05, 0) is 63.8 Å². The highest BCUT2D eigenvalue weighted by molar-refractivity contribution is 7.89. The molecular weight excluding hydrogens is 558 g/mol. The van der Waals surface area contributed by atoms with Crippen LogP contribution >= 0.6 is 11.3 Å². The molecule has 4 saturated carbocycles. The van der Waals surface area contributed by atoms with Crippen molar-refractivity contribution < 1.29 is 23.4 Å². The number of rotatable bonds is 8. The summed E-state index contributed by atoms with van der Waals surface area (Å²) in [6, 6.07) is 11.0. The van der Waals surface area contributed by atoms with Crippen LogP contribution in [0.2, 0.25) is 0 Å². The quantitative estimate of drug-likeness (QED) is 0.267. The van der Waals surface area contributed by atoms with Gasteiger partial charge in [-0.15, -0.1) is 11.3 Å². The smallest absolute Gasteiger partial charge is 0.280 e. The summed E-state index contributed by atoms with van der Waals surface area (Å²) < 4.78 is 29.5. The van der Waals surface area contributed by atoms with E-state index in [2.05, 4.69) is 10.0 Å². The Labute approximate surface area is 245 Å². The van der Waals surface area contributed by atoms with Gasteiger partial charge < -0.3 is 15.5 Å². The highest BCUT2D eigenvalue weighted by Crippen LogP contribution is 2.68. The molecule has 0 radical (unpaired) electrons. The number of hydrogen-bond donors (Lipinski definition) is 4. The van der Waals surface area contributed by atoms with Crippen molar-refractivity contribution in [3.05, 3.63) is 47.1 Å². The third kappa shape index (κ3) is 5.33. The maximum Gasteiger partial charge on any atom is 0.280 e. The fourth-order valence-electron chi connectivity index (χ4n) is 7.19. The molecule has 4 fully saturated rings. The van der Waals surface area contributed by atoms with Crippen molar-refractivity contribution in [2.24, 2.45) is 11.3 Å². The van der Waals surface area contributed by atoms with Crippen molar-refractivity contribution in [3.63, 3.8) is 0 Å². The zero-order chi connectivity index (χ0) is 29.2. The Hall–Kier alpha value is -2.37. The number of fused-ring (bicyclic) bond motifs is 1. The predicted molar refractivity (Wildman–Crippen MR) is 160 cm³/mol. The molecule has 7 rings (SSSR count). The van der Waals surface area contributed by atoms with Gasteiger partial charge in [0, 0.05) is 27.4 Å². The van der Waals surface area contributed by atoms with Gasteiger partial charge in [0.25, 0.3) is 5.91 Å². The number of nitrogens with zero attached hydrogens (tertiary/aromatic N) is 1. The number of carbonyl (C=O) groups excluding carboxylic acids is 1. The van der Waals surface area contributed by atoms with Crippen molar-refractivity contribution in [1.82, 2.24) is 15.0 Å². The average Bonchev–Trinajstić information content (AvgIpc) is 3.27. The Kier molecular flexibility index (Phi) is 7.09. The van der Waals surface area contributed by atoms with Crippen LogP contribution in [0.1, 0.15) is 87.6 Å². The second-order valence-electron chi connectivity index (χ2n) is 13.5. The number of aromatic nitrogens is 1. The van der Waals surface area contributed by atoms with Crippen LogP contribution < -0.4 is 10.0 Å².